The Bertz CT molecular complexity index is 920. The van der Waals surface area contributed by atoms with Gasteiger partial charge in [-0.25, -0.2) is 9.59 Å². The number of rotatable bonds is 13. The Morgan fingerprint density at radius 3 is 1.26 bits per heavy atom. The number of aliphatic carboxylic acids is 2. The number of carboxylic acid groups (broad SMARTS) is 2. The van der Waals surface area contributed by atoms with Crippen LogP contribution in [0.3, 0.4) is 0 Å². The Hall–Kier alpha value is -2.28. The average Bonchev–Trinajstić information content (AvgIpc) is 2.77. The summed E-state index contributed by atoms with van der Waals surface area (Å²) in [6, 6.07) is 13.1. The van der Waals surface area contributed by atoms with Gasteiger partial charge in [0.1, 0.15) is 12.1 Å². The third-order valence-corrected chi connectivity index (χ3v) is 10.4. The molecule has 0 saturated heterocycles. The maximum atomic E-state index is 11.3. The van der Waals surface area contributed by atoms with Gasteiger partial charge >= 0.3 is 11.9 Å². The Kier molecular flexibility index (Phi) is 11.7. The van der Waals surface area contributed by atoms with Crippen molar-refractivity contribution in [2.45, 2.75) is 48.6 Å². The predicted molar refractivity (Wildman–Crippen MR) is 138 cm³/mol. The second-order valence-corrected chi connectivity index (χ2v) is 13.0. The van der Waals surface area contributed by atoms with Crippen LogP contribution in [0.15, 0.2) is 58.3 Å². The molecule has 2 aromatic rings. The van der Waals surface area contributed by atoms with Gasteiger partial charge in [-0.05, 0) is 76.6 Å². The van der Waals surface area contributed by atoms with Gasteiger partial charge in [-0.2, -0.15) is 0 Å². The van der Waals surface area contributed by atoms with Crippen LogP contribution in [0.1, 0.15) is 25.0 Å². The molecule has 2 atom stereocenters. The molecule has 0 spiro atoms. The fourth-order valence-electron chi connectivity index (χ4n) is 2.83. The van der Waals surface area contributed by atoms with Gasteiger partial charge < -0.3 is 20.8 Å². The first-order valence-electron chi connectivity index (χ1n) is 9.99. The summed E-state index contributed by atoms with van der Waals surface area (Å²) in [5.74, 6) is -2.90. The van der Waals surface area contributed by atoms with Crippen molar-refractivity contribution in [3.63, 3.8) is 0 Å². The molecule has 0 heterocycles. The second kappa shape index (κ2) is 14.2. The normalized spacial score (nSPS) is 12.4. The number of carbonyl (C=O) groups is 4. The van der Waals surface area contributed by atoms with Gasteiger partial charge in [0, 0.05) is 36.5 Å². The minimum atomic E-state index is -1.07. The van der Waals surface area contributed by atoms with E-state index in [1.807, 2.05) is 48.5 Å². The van der Waals surface area contributed by atoms with Crippen LogP contribution in [0.5, 0.6) is 0 Å². The van der Waals surface area contributed by atoms with Crippen LogP contribution in [0.2, 0.25) is 0 Å². The molecule has 0 fully saturated rings. The summed E-state index contributed by atoms with van der Waals surface area (Å²) in [6.07, 6.45) is 0.428. The molecule has 2 aromatic carbocycles. The molecule has 0 aliphatic carbocycles. The highest BCUT2D eigenvalue weighted by Crippen LogP contribution is 2.49. The standard InChI is InChI=1S/C22H24N2O6S4/c1-13(25)23-19(21(27)28)11-15-3-7-17(8-4-15)31-33-34-32-18-9-5-16(6-10-18)12-20(22(29)30)24-14(2)26/h3-10,19-20H,11-12H2,1-2H3,(H,23,25)(H,24,26)(H,27,28)(H,29,30). The van der Waals surface area contributed by atoms with Gasteiger partial charge in [-0.15, -0.1) is 0 Å². The van der Waals surface area contributed by atoms with Crippen molar-refractivity contribution in [2.24, 2.45) is 0 Å². The number of nitrogens with one attached hydrogen (secondary N) is 2. The molecule has 34 heavy (non-hydrogen) atoms. The van der Waals surface area contributed by atoms with Crippen LogP contribution in [0.4, 0.5) is 0 Å². The molecule has 0 aliphatic heterocycles. The summed E-state index contributed by atoms with van der Waals surface area (Å²) in [5, 5.41) is 23.3. The van der Waals surface area contributed by atoms with Crippen LogP contribution in [0.25, 0.3) is 0 Å². The molecule has 4 N–H and O–H groups in total. The predicted octanol–water partition coefficient (Wildman–Crippen LogP) is 4.05. The summed E-state index contributed by atoms with van der Waals surface area (Å²) in [5.41, 5.74) is 1.64. The second-order valence-electron chi connectivity index (χ2n) is 7.18. The zero-order valence-electron chi connectivity index (χ0n) is 18.3. The van der Waals surface area contributed by atoms with E-state index in [0.29, 0.717) is 0 Å². The van der Waals surface area contributed by atoms with Crippen molar-refractivity contribution in [1.29, 1.82) is 0 Å². The summed E-state index contributed by atoms with van der Waals surface area (Å²) in [7, 11) is 6.30. The first kappa shape index (κ1) is 28.0. The number of carboxylic acids is 2. The maximum Gasteiger partial charge on any atom is 0.326 e. The molecule has 0 radical (unpaired) electrons. The minimum Gasteiger partial charge on any atom is -0.480 e. The molecule has 2 rings (SSSR count). The fourth-order valence-corrected chi connectivity index (χ4v) is 8.26. The van der Waals surface area contributed by atoms with Gasteiger partial charge in [-0.1, -0.05) is 24.3 Å². The number of carbonyl (C=O) groups excluding carboxylic acids is 2. The Morgan fingerprint density at radius 1 is 0.676 bits per heavy atom. The molecule has 0 saturated carbocycles. The zero-order chi connectivity index (χ0) is 25.1. The van der Waals surface area contributed by atoms with Crippen molar-refractivity contribution >= 4 is 65.0 Å². The Morgan fingerprint density at radius 2 is 1.00 bits per heavy atom. The molecular formula is C22H24N2O6S4. The number of hydrogen-bond acceptors (Lipinski definition) is 8. The largest absolute Gasteiger partial charge is 0.480 e. The SMILES string of the molecule is CC(=O)NC(Cc1ccc(SSSSc2ccc(CC(NC(C)=O)C(=O)O)cc2)cc1)C(=O)O. The summed E-state index contributed by atoms with van der Waals surface area (Å²) < 4.78 is 0. The van der Waals surface area contributed by atoms with Crippen LogP contribution >= 0.6 is 41.2 Å². The van der Waals surface area contributed by atoms with E-state index in [2.05, 4.69) is 10.6 Å². The number of benzene rings is 2. The Balaban J connectivity index is 1.78. The molecule has 0 aliphatic rings. The van der Waals surface area contributed by atoms with Gasteiger partial charge in [0.2, 0.25) is 11.8 Å². The lowest BCUT2D eigenvalue weighted by atomic mass is 10.1. The van der Waals surface area contributed by atoms with Crippen molar-refractivity contribution in [1.82, 2.24) is 10.6 Å². The van der Waals surface area contributed by atoms with Crippen molar-refractivity contribution in [2.75, 3.05) is 0 Å². The zero-order valence-corrected chi connectivity index (χ0v) is 21.6. The highest BCUT2D eigenvalue weighted by molar-refractivity contribution is 9.26. The lowest BCUT2D eigenvalue weighted by Gasteiger charge is -2.13. The van der Waals surface area contributed by atoms with E-state index in [4.69, 9.17) is 0 Å². The molecule has 2 amide bonds. The van der Waals surface area contributed by atoms with E-state index in [9.17, 15) is 29.4 Å². The quantitative estimate of drug-likeness (QED) is 0.218. The van der Waals surface area contributed by atoms with Crippen LogP contribution in [-0.4, -0.2) is 46.0 Å². The number of amides is 2. The first-order chi connectivity index (χ1) is 16.1. The van der Waals surface area contributed by atoms with Gasteiger partial charge in [0.25, 0.3) is 0 Å². The molecule has 8 nitrogen and oxygen atoms in total. The van der Waals surface area contributed by atoms with Crippen LogP contribution < -0.4 is 10.6 Å². The van der Waals surface area contributed by atoms with E-state index in [0.717, 1.165) is 20.9 Å². The highest BCUT2D eigenvalue weighted by Gasteiger charge is 2.19. The van der Waals surface area contributed by atoms with Crippen molar-refractivity contribution in [3.8, 4) is 0 Å². The number of hydrogen-bond donors (Lipinski definition) is 4. The van der Waals surface area contributed by atoms with Gasteiger partial charge in [0.15, 0.2) is 0 Å². The van der Waals surface area contributed by atoms with Crippen molar-refractivity contribution in [3.05, 3.63) is 59.7 Å². The molecule has 0 aromatic heterocycles. The fraction of sp³-hybridized carbons (Fsp3) is 0.273. The molecule has 0 bridgehead atoms. The summed E-state index contributed by atoms with van der Waals surface area (Å²) >= 11 is 0. The Labute approximate surface area is 212 Å². The summed E-state index contributed by atoms with van der Waals surface area (Å²) in [4.78, 5) is 46.9. The third kappa shape index (κ3) is 10.3. The van der Waals surface area contributed by atoms with E-state index in [1.54, 1.807) is 41.2 Å². The van der Waals surface area contributed by atoms with E-state index in [1.165, 1.54) is 13.8 Å². The minimum absolute atomic E-state index is 0.214. The monoisotopic (exact) mass is 540 g/mol. The van der Waals surface area contributed by atoms with E-state index < -0.39 is 24.0 Å². The van der Waals surface area contributed by atoms with Gasteiger partial charge in [-0.3, -0.25) is 9.59 Å². The molecule has 182 valence electrons. The first-order valence-corrected chi connectivity index (χ1v) is 14.8. The maximum absolute atomic E-state index is 11.3. The lowest BCUT2D eigenvalue weighted by Crippen LogP contribution is -2.41. The topological polar surface area (TPSA) is 133 Å². The molecule has 2 unspecified atom stereocenters. The average molecular weight is 541 g/mol. The molecule has 12 heteroatoms. The van der Waals surface area contributed by atoms with Crippen LogP contribution in [0, 0.1) is 0 Å². The molecular weight excluding hydrogens is 517 g/mol. The highest BCUT2D eigenvalue weighted by atomic mass is 33.7. The van der Waals surface area contributed by atoms with E-state index >= 15 is 0 Å². The smallest absolute Gasteiger partial charge is 0.326 e. The van der Waals surface area contributed by atoms with Crippen molar-refractivity contribution < 1.29 is 29.4 Å². The third-order valence-electron chi connectivity index (χ3n) is 4.37. The van der Waals surface area contributed by atoms with Crippen LogP contribution in [-0.2, 0) is 32.0 Å². The lowest BCUT2D eigenvalue weighted by molar-refractivity contribution is -0.141. The van der Waals surface area contributed by atoms with E-state index in [-0.39, 0.29) is 24.7 Å². The van der Waals surface area contributed by atoms with Gasteiger partial charge in [0.05, 0.1) is 0 Å². The summed E-state index contributed by atoms with van der Waals surface area (Å²) in [6.45, 7) is 2.58.